The van der Waals surface area contributed by atoms with Gasteiger partial charge in [-0.15, -0.1) is 0 Å². The Morgan fingerprint density at radius 3 is 2.53 bits per heavy atom. The molecule has 0 bridgehead atoms. The first kappa shape index (κ1) is 13.8. The molecular weight excluding hydrogens is 220 g/mol. The van der Waals surface area contributed by atoms with Gasteiger partial charge in [-0.25, -0.2) is 9.59 Å². The third kappa shape index (κ3) is 5.06. The average Bonchev–Trinajstić information content (AvgIpc) is 2.78. The first-order valence-corrected chi connectivity index (χ1v) is 6.40. The molecule has 1 saturated carbocycles. The predicted octanol–water partition coefficient (Wildman–Crippen LogP) is 1.73. The van der Waals surface area contributed by atoms with Crippen LogP contribution >= 0.6 is 0 Å². The standard InChI is InChI=1S/C12H22N2O3/c1-2-10(11(15)16)14-12(17)13-8-7-9-5-3-4-6-9/h9-10H,2-8H2,1H3,(H,15,16)(H2,13,14,17). The molecule has 1 aliphatic rings. The zero-order valence-electron chi connectivity index (χ0n) is 10.4. The summed E-state index contributed by atoms with van der Waals surface area (Å²) in [4.78, 5) is 22.1. The summed E-state index contributed by atoms with van der Waals surface area (Å²) in [6.07, 6.45) is 6.51. The molecule has 0 aliphatic heterocycles. The van der Waals surface area contributed by atoms with Crippen molar-refractivity contribution in [1.29, 1.82) is 0 Å². The largest absolute Gasteiger partial charge is 0.480 e. The van der Waals surface area contributed by atoms with E-state index in [1.54, 1.807) is 6.92 Å². The van der Waals surface area contributed by atoms with E-state index in [0.717, 1.165) is 12.3 Å². The second-order valence-electron chi connectivity index (χ2n) is 4.64. The Morgan fingerprint density at radius 2 is 2.00 bits per heavy atom. The molecule has 5 nitrogen and oxygen atoms in total. The summed E-state index contributed by atoms with van der Waals surface area (Å²) in [5.41, 5.74) is 0. The molecule has 0 aromatic rings. The summed E-state index contributed by atoms with van der Waals surface area (Å²) < 4.78 is 0. The highest BCUT2D eigenvalue weighted by molar-refractivity contribution is 5.82. The molecule has 0 saturated heterocycles. The highest BCUT2D eigenvalue weighted by Gasteiger charge is 2.18. The number of hydrogen-bond donors (Lipinski definition) is 3. The molecule has 3 N–H and O–H groups in total. The first-order valence-electron chi connectivity index (χ1n) is 6.40. The van der Waals surface area contributed by atoms with Crippen molar-refractivity contribution < 1.29 is 14.7 Å². The number of nitrogens with one attached hydrogen (secondary N) is 2. The monoisotopic (exact) mass is 242 g/mol. The number of aliphatic carboxylic acids is 1. The van der Waals surface area contributed by atoms with Gasteiger partial charge in [0.2, 0.25) is 0 Å². The van der Waals surface area contributed by atoms with E-state index in [1.807, 2.05) is 0 Å². The summed E-state index contributed by atoms with van der Waals surface area (Å²) in [5, 5.41) is 13.9. The lowest BCUT2D eigenvalue weighted by molar-refractivity contribution is -0.139. The van der Waals surface area contributed by atoms with Crippen LogP contribution in [-0.4, -0.2) is 29.7 Å². The van der Waals surface area contributed by atoms with Gasteiger partial charge in [-0.1, -0.05) is 32.6 Å². The Balaban J connectivity index is 2.13. The normalized spacial score (nSPS) is 17.7. The topological polar surface area (TPSA) is 78.4 Å². The number of carboxylic acids is 1. The summed E-state index contributed by atoms with van der Waals surface area (Å²) in [5.74, 6) is -0.254. The van der Waals surface area contributed by atoms with Crippen LogP contribution in [0.15, 0.2) is 0 Å². The Labute approximate surface area is 102 Å². The van der Waals surface area contributed by atoms with Crippen LogP contribution in [0.5, 0.6) is 0 Å². The molecule has 0 spiro atoms. The van der Waals surface area contributed by atoms with Gasteiger partial charge in [-0.3, -0.25) is 0 Å². The fraction of sp³-hybridized carbons (Fsp3) is 0.833. The van der Waals surface area contributed by atoms with E-state index >= 15 is 0 Å². The van der Waals surface area contributed by atoms with Crippen molar-refractivity contribution in [3.63, 3.8) is 0 Å². The van der Waals surface area contributed by atoms with Gasteiger partial charge in [-0.2, -0.15) is 0 Å². The molecule has 0 aromatic carbocycles. The third-order valence-electron chi connectivity index (χ3n) is 3.32. The SMILES string of the molecule is CCC(NC(=O)NCCC1CCCC1)C(=O)O. The van der Waals surface area contributed by atoms with Crippen LogP contribution in [-0.2, 0) is 4.79 Å². The molecule has 0 heterocycles. The highest BCUT2D eigenvalue weighted by Crippen LogP contribution is 2.26. The minimum Gasteiger partial charge on any atom is -0.480 e. The third-order valence-corrected chi connectivity index (χ3v) is 3.32. The zero-order valence-corrected chi connectivity index (χ0v) is 10.4. The van der Waals surface area contributed by atoms with Crippen LogP contribution in [0.4, 0.5) is 4.79 Å². The van der Waals surface area contributed by atoms with E-state index in [9.17, 15) is 9.59 Å². The molecule has 1 rings (SSSR count). The van der Waals surface area contributed by atoms with Gasteiger partial charge in [0.1, 0.15) is 6.04 Å². The number of amides is 2. The van der Waals surface area contributed by atoms with E-state index in [-0.39, 0.29) is 6.03 Å². The number of carbonyl (C=O) groups excluding carboxylic acids is 1. The van der Waals surface area contributed by atoms with Crippen molar-refractivity contribution in [2.45, 2.75) is 51.5 Å². The molecular formula is C12H22N2O3. The minimum absolute atomic E-state index is 0.378. The van der Waals surface area contributed by atoms with Crippen LogP contribution < -0.4 is 10.6 Å². The molecule has 17 heavy (non-hydrogen) atoms. The fourth-order valence-electron chi connectivity index (χ4n) is 2.24. The van der Waals surface area contributed by atoms with Crippen LogP contribution in [0.25, 0.3) is 0 Å². The second kappa shape index (κ2) is 7.14. The maximum Gasteiger partial charge on any atom is 0.326 e. The van der Waals surface area contributed by atoms with Gasteiger partial charge in [0.05, 0.1) is 0 Å². The lowest BCUT2D eigenvalue weighted by Gasteiger charge is -2.14. The molecule has 1 unspecified atom stereocenters. The molecule has 5 heteroatoms. The Morgan fingerprint density at radius 1 is 1.35 bits per heavy atom. The molecule has 0 radical (unpaired) electrons. The number of rotatable bonds is 6. The van der Waals surface area contributed by atoms with Gasteiger partial charge < -0.3 is 15.7 Å². The van der Waals surface area contributed by atoms with Crippen LogP contribution in [0.1, 0.15) is 45.4 Å². The Kier molecular flexibility index (Phi) is 5.80. The molecule has 1 fully saturated rings. The average molecular weight is 242 g/mol. The van der Waals surface area contributed by atoms with Crippen LogP contribution in [0, 0.1) is 5.92 Å². The van der Waals surface area contributed by atoms with Crippen LogP contribution in [0.3, 0.4) is 0 Å². The lowest BCUT2D eigenvalue weighted by atomic mass is 10.0. The minimum atomic E-state index is -0.988. The van der Waals surface area contributed by atoms with Crippen molar-refractivity contribution in [1.82, 2.24) is 10.6 Å². The number of carboxylic acid groups (broad SMARTS) is 1. The van der Waals surface area contributed by atoms with Gasteiger partial charge in [-0.05, 0) is 18.8 Å². The summed E-state index contributed by atoms with van der Waals surface area (Å²) in [7, 11) is 0. The Bertz CT molecular complexity index is 262. The first-order chi connectivity index (χ1) is 8.13. The number of hydrogen-bond acceptors (Lipinski definition) is 2. The molecule has 98 valence electrons. The van der Waals surface area contributed by atoms with E-state index < -0.39 is 12.0 Å². The summed E-state index contributed by atoms with van der Waals surface area (Å²) >= 11 is 0. The summed E-state index contributed by atoms with van der Waals surface area (Å²) in [6, 6.07) is -1.17. The maximum atomic E-state index is 11.4. The van der Waals surface area contributed by atoms with Gasteiger partial charge in [0.25, 0.3) is 0 Å². The smallest absolute Gasteiger partial charge is 0.326 e. The highest BCUT2D eigenvalue weighted by atomic mass is 16.4. The van der Waals surface area contributed by atoms with Crippen molar-refractivity contribution in [2.24, 2.45) is 5.92 Å². The second-order valence-corrected chi connectivity index (χ2v) is 4.64. The molecule has 0 aromatic heterocycles. The van der Waals surface area contributed by atoms with E-state index in [0.29, 0.717) is 13.0 Å². The van der Waals surface area contributed by atoms with Crippen molar-refractivity contribution >= 4 is 12.0 Å². The fourth-order valence-corrected chi connectivity index (χ4v) is 2.24. The lowest BCUT2D eigenvalue weighted by Crippen LogP contribution is -2.46. The predicted molar refractivity (Wildman–Crippen MR) is 64.8 cm³/mol. The molecule has 2 amide bonds. The van der Waals surface area contributed by atoms with Gasteiger partial charge >= 0.3 is 12.0 Å². The van der Waals surface area contributed by atoms with Crippen molar-refractivity contribution in [2.75, 3.05) is 6.54 Å². The molecule has 1 aliphatic carbocycles. The van der Waals surface area contributed by atoms with E-state index in [4.69, 9.17) is 5.11 Å². The van der Waals surface area contributed by atoms with Crippen molar-refractivity contribution in [3.05, 3.63) is 0 Å². The quantitative estimate of drug-likeness (QED) is 0.663. The van der Waals surface area contributed by atoms with Gasteiger partial charge in [0, 0.05) is 6.54 Å². The van der Waals surface area contributed by atoms with Crippen LogP contribution in [0.2, 0.25) is 0 Å². The maximum absolute atomic E-state index is 11.4. The van der Waals surface area contributed by atoms with E-state index in [1.165, 1.54) is 25.7 Å². The number of urea groups is 1. The summed E-state index contributed by atoms with van der Waals surface area (Å²) in [6.45, 7) is 2.37. The number of carbonyl (C=O) groups is 2. The van der Waals surface area contributed by atoms with E-state index in [2.05, 4.69) is 10.6 Å². The zero-order chi connectivity index (χ0) is 12.7. The Hall–Kier alpha value is -1.26. The molecule has 1 atom stereocenters. The van der Waals surface area contributed by atoms with Crippen molar-refractivity contribution in [3.8, 4) is 0 Å². The van der Waals surface area contributed by atoms with Gasteiger partial charge in [0.15, 0.2) is 0 Å².